The summed E-state index contributed by atoms with van der Waals surface area (Å²) in [6.07, 6.45) is 2.99. The Labute approximate surface area is 123 Å². The smallest absolute Gasteiger partial charge is 0.275 e. The van der Waals surface area contributed by atoms with Crippen LogP contribution in [0.25, 0.3) is 0 Å². The zero-order chi connectivity index (χ0) is 15.2. The predicted molar refractivity (Wildman–Crippen MR) is 81.7 cm³/mol. The molecular formula is C15H18N4O2. The highest BCUT2D eigenvalue weighted by molar-refractivity contribution is 6.02. The zero-order valence-corrected chi connectivity index (χ0v) is 12.3. The summed E-state index contributed by atoms with van der Waals surface area (Å²) in [4.78, 5) is 20.3. The molecule has 2 rings (SSSR count). The second-order valence-electron chi connectivity index (χ2n) is 4.77. The first kappa shape index (κ1) is 14.8. The Morgan fingerprint density at radius 2 is 2.05 bits per heavy atom. The molecule has 0 fully saturated rings. The van der Waals surface area contributed by atoms with E-state index in [2.05, 4.69) is 20.6 Å². The molecule has 6 nitrogen and oxygen atoms in total. The van der Waals surface area contributed by atoms with Gasteiger partial charge < -0.3 is 15.4 Å². The third kappa shape index (κ3) is 4.17. The molecule has 2 N–H and O–H groups in total. The molecule has 0 unspecified atom stereocenters. The number of hydrogen-bond acceptors (Lipinski definition) is 5. The molecule has 0 aliphatic carbocycles. The fourth-order valence-electron chi connectivity index (χ4n) is 1.71. The van der Waals surface area contributed by atoms with Crippen molar-refractivity contribution in [2.45, 2.75) is 19.9 Å². The Balaban J connectivity index is 2.05. The van der Waals surface area contributed by atoms with Crippen LogP contribution < -0.4 is 15.4 Å². The molecule has 6 heteroatoms. The quantitative estimate of drug-likeness (QED) is 0.883. The summed E-state index contributed by atoms with van der Waals surface area (Å²) in [5.74, 6) is 1.00. The van der Waals surface area contributed by atoms with Crippen molar-refractivity contribution in [3.05, 3.63) is 42.4 Å². The van der Waals surface area contributed by atoms with Gasteiger partial charge in [-0.2, -0.15) is 0 Å². The maximum Gasteiger partial charge on any atom is 0.275 e. The molecule has 0 atom stereocenters. The second kappa shape index (κ2) is 6.69. The van der Waals surface area contributed by atoms with Crippen molar-refractivity contribution in [2.75, 3.05) is 17.7 Å². The standard InChI is InChI=1S/C15H18N4O2/c1-10(2)18-14-9-16-13(8-17-14)15(20)19-11-5-4-6-12(7-11)21-3/h4-10H,1-3H3,(H,17,18)(H,19,20). The van der Waals surface area contributed by atoms with Gasteiger partial charge in [-0.1, -0.05) is 6.07 Å². The molecular weight excluding hydrogens is 268 g/mol. The Morgan fingerprint density at radius 1 is 1.24 bits per heavy atom. The highest BCUT2D eigenvalue weighted by atomic mass is 16.5. The lowest BCUT2D eigenvalue weighted by molar-refractivity contribution is 0.102. The maximum absolute atomic E-state index is 12.1. The Hall–Kier alpha value is -2.63. The van der Waals surface area contributed by atoms with Crippen LogP contribution in [0, 0.1) is 0 Å². The lowest BCUT2D eigenvalue weighted by Gasteiger charge is -2.09. The van der Waals surface area contributed by atoms with E-state index >= 15 is 0 Å². The van der Waals surface area contributed by atoms with E-state index in [0.717, 1.165) is 0 Å². The van der Waals surface area contributed by atoms with E-state index in [0.29, 0.717) is 17.3 Å². The van der Waals surface area contributed by atoms with E-state index in [4.69, 9.17) is 4.74 Å². The molecule has 1 aromatic heterocycles. The van der Waals surface area contributed by atoms with Crippen LogP contribution in [0.4, 0.5) is 11.5 Å². The molecule has 2 aromatic rings. The molecule has 0 radical (unpaired) electrons. The van der Waals surface area contributed by atoms with Gasteiger partial charge in [0, 0.05) is 17.8 Å². The third-order valence-electron chi connectivity index (χ3n) is 2.65. The molecule has 0 aliphatic heterocycles. The summed E-state index contributed by atoms with van der Waals surface area (Å²) in [7, 11) is 1.58. The maximum atomic E-state index is 12.1. The van der Waals surface area contributed by atoms with Gasteiger partial charge in [-0.05, 0) is 26.0 Å². The summed E-state index contributed by atoms with van der Waals surface area (Å²) < 4.78 is 5.11. The van der Waals surface area contributed by atoms with E-state index in [1.807, 2.05) is 19.9 Å². The number of amides is 1. The van der Waals surface area contributed by atoms with Crippen molar-refractivity contribution in [3.63, 3.8) is 0 Å². The molecule has 0 spiro atoms. The van der Waals surface area contributed by atoms with Gasteiger partial charge >= 0.3 is 0 Å². The van der Waals surface area contributed by atoms with Crippen molar-refractivity contribution in [2.24, 2.45) is 0 Å². The predicted octanol–water partition coefficient (Wildman–Crippen LogP) is 2.56. The monoisotopic (exact) mass is 286 g/mol. The van der Waals surface area contributed by atoms with Crippen LogP contribution >= 0.6 is 0 Å². The van der Waals surface area contributed by atoms with Gasteiger partial charge in [0.2, 0.25) is 0 Å². The highest BCUT2D eigenvalue weighted by Gasteiger charge is 2.09. The van der Waals surface area contributed by atoms with Crippen molar-refractivity contribution < 1.29 is 9.53 Å². The number of methoxy groups -OCH3 is 1. The Morgan fingerprint density at radius 3 is 2.67 bits per heavy atom. The van der Waals surface area contributed by atoms with Gasteiger partial charge in [-0.25, -0.2) is 9.97 Å². The van der Waals surface area contributed by atoms with Gasteiger partial charge in [0.1, 0.15) is 17.3 Å². The fourth-order valence-corrected chi connectivity index (χ4v) is 1.71. The first-order valence-electron chi connectivity index (χ1n) is 6.62. The van der Waals surface area contributed by atoms with Crippen molar-refractivity contribution in [1.29, 1.82) is 0 Å². The Bertz CT molecular complexity index is 611. The Kier molecular flexibility index (Phi) is 4.71. The number of anilines is 2. The average molecular weight is 286 g/mol. The second-order valence-corrected chi connectivity index (χ2v) is 4.77. The highest BCUT2D eigenvalue weighted by Crippen LogP contribution is 2.17. The van der Waals surface area contributed by atoms with Crippen molar-refractivity contribution in [3.8, 4) is 5.75 Å². The van der Waals surface area contributed by atoms with Crippen LogP contribution in [-0.2, 0) is 0 Å². The molecule has 1 amide bonds. The molecule has 0 saturated heterocycles. The first-order valence-corrected chi connectivity index (χ1v) is 6.62. The summed E-state index contributed by atoms with van der Waals surface area (Å²) in [6.45, 7) is 4.01. The fraction of sp³-hybridized carbons (Fsp3) is 0.267. The average Bonchev–Trinajstić information content (AvgIpc) is 2.47. The van der Waals surface area contributed by atoms with E-state index in [9.17, 15) is 4.79 Å². The van der Waals surface area contributed by atoms with Gasteiger partial charge in [0.25, 0.3) is 5.91 Å². The summed E-state index contributed by atoms with van der Waals surface area (Å²) in [5, 5.41) is 5.87. The van der Waals surface area contributed by atoms with Crippen LogP contribution in [0.1, 0.15) is 24.3 Å². The van der Waals surface area contributed by atoms with Crippen LogP contribution in [-0.4, -0.2) is 29.0 Å². The largest absolute Gasteiger partial charge is 0.497 e. The molecule has 110 valence electrons. The summed E-state index contributed by atoms with van der Waals surface area (Å²) >= 11 is 0. The molecule has 0 aliphatic rings. The number of nitrogens with zero attached hydrogens (tertiary/aromatic N) is 2. The van der Waals surface area contributed by atoms with Gasteiger partial charge in [0.05, 0.1) is 19.5 Å². The van der Waals surface area contributed by atoms with Crippen molar-refractivity contribution in [1.82, 2.24) is 9.97 Å². The van der Waals surface area contributed by atoms with Crippen molar-refractivity contribution >= 4 is 17.4 Å². The van der Waals surface area contributed by atoms with Gasteiger partial charge in [-0.3, -0.25) is 4.79 Å². The molecule has 0 bridgehead atoms. The number of nitrogens with one attached hydrogen (secondary N) is 2. The number of aromatic nitrogens is 2. The van der Waals surface area contributed by atoms with Crippen LogP contribution in [0.15, 0.2) is 36.7 Å². The molecule has 0 saturated carbocycles. The number of ether oxygens (including phenoxy) is 1. The summed E-state index contributed by atoms with van der Waals surface area (Å²) in [6, 6.07) is 7.39. The minimum absolute atomic E-state index is 0.257. The molecule has 1 heterocycles. The van der Waals surface area contributed by atoms with E-state index in [-0.39, 0.29) is 17.6 Å². The number of benzene rings is 1. The van der Waals surface area contributed by atoms with Gasteiger partial charge in [-0.15, -0.1) is 0 Å². The minimum atomic E-state index is -0.313. The first-order chi connectivity index (χ1) is 10.1. The number of carbonyl (C=O) groups is 1. The number of carbonyl (C=O) groups excluding carboxylic acids is 1. The van der Waals surface area contributed by atoms with E-state index in [1.54, 1.807) is 31.5 Å². The third-order valence-corrected chi connectivity index (χ3v) is 2.65. The minimum Gasteiger partial charge on any atom is -0.497 e. The lowest BCUT2D eigenvalue weighted by atomic mass is 10.3. The summed E-state index contributed by atoms with van der Waals surface area (Å²) in [5.41, 5.74) is 0.901. The van der Waals surface area contributed by atoms with E-state index < -0.39 is 0 Å². The van der Waals surface area contributed by atoms with E-state index in [1.165, 1.54) is 6.20 Å². The number of hydrogen-bond donors (Lipinski definition) is 2. The normalized spacial score (nSPS) is 10.3. The molecule has 21 heavy (non-hydrogen) atoms. The van der Waals surface area contributed by atoms with Crippen LogP contribution in [0.3, 0.4) is 0 Å². The lowest BCUT2D eigenvalue weighted by Crippen LogP contribution is -2.16. The molecule has 1 aromatic carbocycles. The zero-order valence-electron chi connectivity index (χ0n) is 12.3. The number of rotatable bonds is 5. The van der Waals surface area contributed by atoms with Crippen LogP contribution in [0.2, 0.25) is 0 Å². The van der Waals surface area contributed by atoms with Gasteiger partial charge in [0.15, 0.2) is 0 Å². The van der Waals surface area contributed by atoms with Crippen LogP contribution in [0.5, 0.6) is 5.75 Å². The topological polar surface area (TPSA) is 76.1 Å². The SMILES string of the molecule is COc1cccc(NC(=O)c2cnc(NC(C)C)cn2)c1.